The Morgan fingerprint density at radius 3 is 2.91 bits per heavy atom. The van der Waals surface area contributed by atoms with Crippen LogP contribution in [0.25, 0.3) is 17.0 Å². The standard InChI is InChI=1S/C17H17NO4/c1-3-21-16(19)9-5-11-4-6-13(14-10-22-14)17-12(11)7-8-15(18-17)20-2/h4-9,14H,3,10H2,1-2H3/b9-5+. The van der Waals surface area contributed by atoms with Crippen LogP contribution >= 0.6 is 0 Å². The average Bonchev–Trinajstić information content (AvgIpc) is 3.37. The van der Waals surface area contributed by atoms with E-state index >= 15 is 0 Å². The van der Waals surface area contributed by atoms with Crippen LogP contribution in [-0.4, -0.2) is 31.3 Å². The number of epoxide rings is 1. The van der Waals surface area contributed by atoms with Crippen molar-refractivity contribution in [3.8, 4) is 5.88 Å². The van der Waals surface area contributed by atoms with Crippen molar-refractivity contribution in [1.29, 1.82) is 0 Å². The maximum Gasteiger partial charge on any atom is 0.330 e. The number of carbonyl (C=O) groups excluding carboxylic acids is 1. The molecular formula is C17H17NO4. The van der Waals surface area contributed by atoms with Gasteiger partial charge in [0.15, 0.2) is 0 Å². The van der Waals surface area contributed by atoms with E-state index in [1.165, 1.54) is 6.08 Å². The normalized spacial score (nSPS) is 16.9. The number of methoxy groups -OCH3 is 1. The molecule has 114 valence electrons. The van der Waals surface area contributed by atoms with Crippen molar-refractivity contribution >= 4 is 22.9 Å². The fourth-order valence-electron chi connectivity index (χ4n) is 2.34. The zero-order valence-electron chi connectivity index (χ0n) is 12.5. The Balaban J connectivity index is 2.04. The number of benzene rings is 1. The number of carbonyl (C=O) groups is 1. The lowest BCUT2D eigenvalue weighted by Crippen LogP contribution is -1.99. The topological polar surface area (TPSA) is 61.0 Å². The smallest absolute Gasteiger partial charge is 0.330 e. The fourth-order valence-corrected chi connectivity index (χ4v) is 2.34. The number of ether oxygens (including phenoxy) is 3. The Morgan fingerprint density at radius 1 is 1.41 bits per heavy atom. The third kappa shape index (κ3) is 2.94. The van der Waals surface area contributed by atoms with Gasteiger partial charge in [-0.15, -0.1) is 0 Å². The van der Waals surface area contributed by atoms with Crippen LogP contribution in [0.5, 0.6) is 5.88 Å². The van der Waals surface area contributed by atoms with Crippen LogP contribution in [0.4, 0.5) is 0 Å². The molecule has 1 aliphatic rings. The average molecular weight is 299 g/mol. The number of hydrogen-bond acceptors (Lipinski definition) is 5. The molecule has 2 heterocycles. The van der Waals surface area contributed by atoms with Crippen LogP contribution in [0.15, 0.2) is 30.3 Å². The highest BCUT2D eigenvalue weighted by Gasteiger charge is 2.27. The predicted molar refractivity (Wildman–Crippen MR) is 82.7 cm³/mol. The SMILES string of the molecule is CCOC(=O)/C=C/c1ccc(C2CO2)c2nc(OC)ccc12. The van der Waals surface area contributed by atoms with E-state index in [1.807, 2.05) is 24.3 Å². The molecular weight excluding hydrogens is 282 g/mol. The van der Waals surface area contributed by atoms with Crippen molar-refractivity contribution in [2.75, 3.05) is 20.3 Å². The van der Waals surface area contributed by atoms with E-state index in [4.69, 9.17) is 14.2 Å². The van der Waals surface area contributed by atoms with Gasteiger partial charge in [0.25, 0.3) is 0 Å². The largest absolute Gasteiger partial charge is 0.481 e. The monoisotopic (exact) mass is 299 g/mol. The minimum Gasteiger partial charge on any atom is -0.481 e. The molecule has 1 aromatic carbocycles. The molecule has 2 aromatic rings. The molecule has 5 heteroatoms. The highest BCUT2D eigenvalue weighted by atomic mass is 16.6. The van der Waals surface area contributed by atoms with Gasteiger partial charge in [0, 0.05) is 23.1 Å². The third-order valence-electron chi connectivity index (χ3n) is 3.47. The van der Waals surface area contributed by atoms with Gasteiger partial charge in [-0.25, -0.2) is 9.78 Å². The lowest BCUT2D eigenvalue weighted by Gasteiger charge is -2.08. The van der Waals surface area contributed by atoms with Gasteiger partial charge in [-0.1, -0.05) is 12.1 Å². The Hall–Kier alpha value is -2.40. The van der Waals surface area contributed by atoms with Gasteiger partial charge in [0.1, 0.15) is 6.10 Å². The molecule has 1 unspecified atom stereocenters. The number of hydrogen-bond donors (Lipinski definition) is 0. The number of rotatable bonds is 5. The highest BCUT2D eigenvalue weighted by Crippen LogP contribution is 2.36. The molecule has 1 aliphatic heterocycles. The highest BCUT2D eigenvalue weighted by molar-refractivity contribution is 5.95. The van der Waals surface area contributed by atoms with Crippen molar-refractivity contribution in [3.63, 3.8) is 0 Å². The van der Waals surface area contributed by atoms with E-state index in [9.17, 15) is 4.79 Å². The summed E-state index contributed by atoms with van der Waals surface area (Å²) in [4.78, 5) is 16.0. The fraction of sp³-hybridized carbons (Fsp3) is 0.294. The van der Waals surface area contributed by atoms with E-state index in [2.05, 4.69) is 4.98 Å². The van der Waals surface area contributed by atoms with Crippen molar-refractivity contribution in [3.05, 3.63) is 41.5 Å². The van der Waals surface area contributed by atoms with E-state index in [-0.39, 0.29) is 12.1 Å². The molecule has 5 nitrogen and oxygen atoms in total. The molecule has 1 atom stereocenters. The molecule has 0 radical (unpaired) electrons. The molecule has 3 rings (SSSR count). The summed E-state index contributed by atoms with van der Waals surface area (Å²) in [6.07, 6.45) is 3.27. The predicted octanol–water partition coefficient (Wildman–Crippen LogP) is 2.89. The van der Waals surface area contributed by atoms with Crippen LogP contribution in [0.2, 0.25) is 0 Å². The zero-order valence-corrected chi connectivity index (χ0v) is 12.5. The van der Waals surface area contributed by atoms with Crippen LogP contribution in [0, 0.1) is 0 Å². The summed E-state index contributed by atoms with van der Waals surface area (Å²) in [5, 5.41) is 0.953. The second-order valence-electron chi connectivity index (χ2n) is 4.90. The summed E-state index contributed by atoms with van der Waals surface area (Å²) in [7, 11) is 1.59. The van der Waals surface area contributed by atoms with Crippen molar-refractivity contribution in [1.82, 2.24) is 4.98 Å². The molecule has 1 fully saturated rings. The maximum absolute atomic E-state index is 11.5. The van der Waals surface area contributed by atoms with Gasteiger partial charge in [-0.3, -0.25) is 0 Å². The first kappa shape index (κ1) is 14.5. The number of aromatic nitrogens is 1. The zero-order chi connectivity index (χ0) is 15.5. The van der Waals surface area contributed by atoms with E-state index in [0.29, 0.717) is 19.1 Å². The lowest BCUT2D eigenvalue weighted by atomic mass is 10.0. The van der Waals surface area contributed by atoms with Crippen molar-refractivity contribution in [2.45, 2.75) is 13.0 Å². The Bertz CT molecular complexity index is 735. The molecule has 0 N–H and O–H groups in total. The minimum atomic E-state index is -0.355. The maximum atomic E-state index is 11.5. The third-order valence-corrected chi connectivity index (χ3v) is 3.47. The number of pyridine rings is 1. The van der Waals surface area contributed by atoms with E-state index in [1.54, 1.807) is 20.1 Å². The summed E-state index contributed by atoms with van der Waals surface area (Å²) in [6.45, 7) is 2.86. The number of fused-ring (bicyclic) bond motifs is 1. The van der Waals surface area contributed by atoms with Gasteiger partial charge in [0.2, 0.25) is 5.88 Å². The first-order chi connectivity index (χ1) is 10.7. The molecule has 0 bridgehead atoms. The summed E-state index contributed by atoms with van der Waals surface area (Å²) >= 11 is 0. The molecule has 0 spiro atoms. The van der Waals surface area contributed by atoms with Gasteiger partial charge < -0.3 is 14.2 Å². The van der Waals surface area contributed by atoms with E-state index in [0.717, 1.165) is 22.0 Å². The molecule has 0 amide bonds. The van der Waals surface area contributed by atoms with Crippen molar-refractivity contribution < 1.29 is 19.0 Å². The second kappa shape index (κ2) is 6.15. The minimum absolute atomic E-state index is 0.102. The Kier molecular flexibility index (Phi) is 4.06. The second-order valence-corrected chi connectivity index (χ2v) is 4.90. The summed E-state index contributed by atoms with van der Waals surface area (Å²) in [5.41, 5.74) is 2.79. The molecule has 22 heavy (non-hydrogen) atoms. The molecule has 0 aliphatic carbocycles. The first-order valence-corrected chi connectivity index (χ1v) is 7.17. The summed E-state index contributed by atoms with van der Waals surface area (Å²) in [5.74, 6) is 0.202. The van der Waals surface area contributed by atoms with E-state index < -0.39 is 0 Å². The number of nitrogens with zero attached hydrogens (tertiary/aromatic N) is 1. The van der Waals surface area contributed by atoms with Crippen LogP contribution in [0.1, 0.15) is 24.2 Å². The van der Waals surface area contributed by atoms with Gasteiger partial charge in [0.05, 0.1) is 25.8 Å². The van der Waals surface area contributed by atoms with Gasteiger partial charge in [-0.2, -0.15) is 0 Å². The van der Waals surface area contributed by atoms with Gasteiger partial charge >= 0.3 is 5.97 Å². The lowest BCUT2D eigenvalue weighted by molar-refractivity contribution is -0.137. The molecule has 0 saturated carbocycles. The summed E-state index contributed by atoms with van der Waals surface area (Å²) in [6, 6.07) is 7.69. The van der Waals surface area contributed by atoms with Crippen molar-refractivity contribution in [2.24, 2.45) is 0 Å². The van der Waals surface area contributed by atoms with Crippen LogP contribution < -0.4 is 4.74 Å². The van der Waals surface area contributed by atoms with Crippen LogP contribution in [0.3, 0.4) is 0 Å². The number of esters is 1. The van der Waals surface area contributed by atoms with Crippen LogP contribution in [-0.2, 0) is 14.3 Å². The molecule has 1 saturated heterocycles. The van der Waals surface area contributed by atoms with Gasteiger partial charge in [-0.05, 0) is 24.6 Å². The first-order valence-electron chi connectivity index (χ1n) is 7.17. The Morgan fingerprint density at radius 2 is 2.23 bits per heavy atom. The molecule has 1 aromatic heterocycles. The summed E-state index contributed by atoms with van der Waals surface area (Å²) < 4.78 is 15.5. The quantitative estimate of drug-likeness (QED) is 0.482. The Labute approximate surface area is 128 Å².